The maximum Gasteiger partial charge on any atom is 0.250 e. The molecule has 0 radical (unpaired) electrons. The molecular weight excluding hydrogens is 272 g/mol. The van der Waals surface area contributed by atoms with E-state index in [1.807, 2.05) is 12.1 Å². The summed E-state index contributed by atoms with van der Waals surface area (Å²) >= 11 is 1.39. The van der Waals surface area contributed by atoms with Gasteiger partial charge in [-0.25, -0.2) is 0 Å². The lowest BCUT2D eigenvalue weighted by atomic mass is 9.98. The molecule has 0 saturated carbocycles. The van der Waals surface area contributed by atoms with Gasteiger partial charge in [0.1, 0.15) is 5.01 Å². The summed E-state index contributed by atoms with van der Waals surface area (Å²) in [5.41, 5.74) is 0.857. The lowest BCUT2D eigenvalue weighted by Gasteiger charge is -2.12. The fourth-order valence-electron chi connectivity index (χ4n) is 1.37. The number of pyridine rings is 1. The van der Waals surface area contributed by atoms with Crippen molar-refractivity contribution in [3.8, 4) is 0 Å². The molecule has 0 unspecified atom stereocenters. The largest absolute Gasteiger partial charge is 0.297 e. The topological polar surface area (TPSA) is 67.8 Å². The maximum atomic E-state index is 11.8. The molecule has 0 aliphatic heterocycles. The number of nitrogens with zero attached hydrogens (tertiary/aromatic N) is 3. The van der Waals surface area contributed by atoms with Gasteiger partial charge in [-0.05, 0) is 23.8 Å². The molecule has 1 amide bonds. The molecule has 20 heavy (non-hydrogen) atoms. The number of hydrogen-bond donors (Lipinski definition) is 1. The molecule has 2 aromatic heterocycles. The normalized spacial score (nSPS) is 11.8. The molecule has 0 saturated heterocycles. The van der Waals surface area contributed by atoms with E-state index >= 15 is 0 Å². The Morgan fingerprint density at radius 2 is 1.95 bits per heavy atom. The maximum absolute atomic E-state index is 11.8. The number of nitrogens with one attached hydrogen (secondary N) is 1. The minimum atomic E-state index is -0.224. The van der Waals surface area contributed by atoms with Crippen molar-refractivity contribution in [1.29, 1.82) is 0 Å². The first kappa shape index (κ1) is 14.3. The number of carbonyl (C=O) groups excluding carboxylic acids is 1. The SMILES string of the molecule is CC(C)(C)c1nnc(NC(=O)/C=C/c2ccncc2)s1. The number of hydrogen-bond acceptors (Lipinski definition) is 5. The minimum absolute atomic E-state index is 0.0620. The van der Waals surface area contributed by atoms with Crippen molar-refractivity contribution in [3.05, 3.63) is 41.2 Å². The van der Waals surface area contributed by atoms with Crippen LogP contribution in [0.5, 0.6) is 0 Å². The van der Waals surface area contributed by atoms with E-state index in [1.54, 1.807) is 18.5 Å². The minimum Gasteiger partial charge on any atom is -0.297 e. The molecule has 104 valence electrons. The Balaban J connectivity index is 1.98. The number of aromatic nitrogens is 3. The second-order valence-corrected chi connectivity index (χ2v) is 6.24. The van der Waals surface area contributed by atoms with Gasteiger partial charge in [0.15, 0.2) is 0 Å². The summed E-state index contributed by atoms with van der Waals surface area (Å²) in [6, 6.07) is 3.65. The molecule has 1 N–H and O–H groups in total. The van der Waals surface area contributed by atoms with Gasteiger partial charge in [0.05, 0.1) is 0 Å². The quantitative estimate of drug-likeness (QED) is 0.882. The highest BCUT2D eigenvalue weighted by atomic mass is 32.1. The molecule has 2 rings (SSSR count). The van der Waals surface area contributed by atoms with E-state index in [9.17, 15) is 4.79 Å². The van der Waals surface area contributed by atoms with Crippen LogP contribution in [0.4, 0.5) is 5.13 Å². The number of rotatable bonds is 3. The van der Waals surface area contributed by atoms with E-state index < -0.39 is 0 Å². The standard InChI is InChI=1S/C14H16N4OS/c1-14(2,3)12-17-18-13(20-12)16-11(19)5-4-10-6-8-15-9-7-10/h4-9H,1-3H3,(H,16,18,19)/b5-4+. The number of amides is 1. The van der Waals surface area contributed by atoms with Crippen molar-refractivity contribution in [1.82, 2.24) is 15.2 Å². The van der Waals surface area contributed by atoms with Gasteiger partial charge in [-0.2, -0.15) is 0 Å². The van der Waals surface area contributed by atoms with E-state index in [0.717, 1.165) is 10.6 Å². The molecule has 6 heteroatoms. The van der Waals surface area contributed by atoms with Gasteiger partial charge in [0.25, 0.3) is 0 Å². The van der Waals surface area contributed by atoms with Crippen LogP contribution in [-0.2, 0) is 10.2 Å². The van der Waals surface area contributed by atoms with Crippen molar-refractivity contribution in [2.24, 2.45) is 0 Å². The van der Waals surface area contributed by atoms with E-state index in [1.165, 1.54) is 17.4 Å². The van der Waals surface area contributed by atoms with Crippen LogP contribution in [0.15, 0.2) is 30.6 Å². The van der Waals surface area contributed by atoms with Crippen molar-refractivity contribution in [3.63, 3.8) is 0 Å². The second-order valence-electron chi connectivity index (χ2n) is 5.27. The van der Waals surface area contributed by atoms with Crippen LogP contribution in [0, 0.1) is 0 Å². The molecule has 0 fully saturated rings. The molecule has 0 aliphatic rings. The van der Waals surface area contributed by atoms with E-state index in [4.69, 9.17) is 0 Å². The van der Waals surface area contributed by atoms with E-state index in [-0.39, 0.29) is 11.3 Å². The first-order valence-electron chi connectivity index (χ1n) is 6.18. The van der Waals surface area contributed by atoms with Crippen molar-refractivity contribution in [2.75, 3.05) is 5.32 Å². The van der Waals surface area contributed by atoms with Crippen LogP contribution in [0.3, 0.4) is 0 Å². The van der Waals surface area contributed by atoms with Gasteiger partial charge >= 0.3 is 0 Å². The Morgan fingerprint density at radius 3 is 2.55 bits per heavy atom. The zero-order valence-electron chi connectivity index (χ0n) is 11.6. The Bertz CT molecular complexity index is 614. The fourth-order valence-corrected chi connectivity index (χ4v) is 2.17. The average molecular weight is 288 g/mol. The summed E-state index contributed by atoms with van der Waals surface area (Å²) in [5, 5.41) is 12.2. The van der Waals surface area contributed by atoms with Crippen molar-refractivity contribution in [2.45, 2.75) is 26.2 Å². The van der Waals surface area contributed by atoms with Crippen LogP contribution in [0.1, 0.15) is 31.3 Å². The highest BCUT2D eigenvalue weighted by Crippen LogP contribution is 2.27. The summed E-state index contributed by atoms with van der Waals surface area (Å²) < 4.78 is 0. The van der Waals surface area contributed by atoms with E-state index in [2.05, 4.69) is 41.3 Å². The summed E-state index contributed by atoms with van der Waals surface area (Å²) in [6.45, 7) is 6.17. The highest BCUT2D eigenvalue weighted by Gasteiger charge is 2.19. The molecule has 0 spiro atoms. The van der Waals surface area contributed by atoms with Crippen LogP contribution in [0.25, 0.3) is 6.08 Å². The summed E-state index contributed by atoms with van der Waals surface area (Å²) in [7, 11) is 0. The Hall–Kier alpha value is -2.08. The molecule has 0 bridgehead atoms. The first-order chi connectivity index (χ1) is 9.45. The van der Waals surface area contributed by atoms with Crippen LogP contribution in [-0.4, -0.2) is 21.1 Å². The third-order valence-electron chi connectivity index (χ3n) is 2.43. The Morgan fingerprint density at radius 1 is 1.25 bits per heavy atom. The molecular formula is C14H16N4OS. The van der Waals surface area contributed by atoms with Gasteiger partial charge in [-0.3, -0.25) is 15.1 Å². The third-order valence-corrected chi connectivity index (χ3v) is 3.69. The molecule has 0 aliphatic carbocycles. The molecule has 0 aromatic carbocycles. The lowest BCUT2D eigenvalue weighted by Crippen LogP contribution is -2.10. The second kappa shape index (κ2) is 5.92. The zero-order valence-corrected chi connectivity index (χ0v) is 12.4. The molecule has 2 heterocycles. The monoisotopic (exact) mass is 288 g/mol. The Kier molecular flexibility index (Phi) is 4.24. The third kappa shape index (κ3) is 3.96. The zero-order chi connectivity index (χ0) is 14.6. The van der Waals surface area contributed by atoms with Gasteiger partial charge < -0.3 is 0 Å². The van der Waals surface area contributed by atoms with Gasteiger partial charge in [0, 0.05) is 23.9 Å². The van der Waals surface area contributed by atoms with Crippen molar-refractivity contribution >= 4 is 28.5 Å². The van der Waals surface area contributed by atoms with Gasteiger partial charge in [-0.1, -0.05) is 32.1 Å². The average Bonchev–Trinajstić information content (AvgIpc) is 2.86. The van der Waals surface area contributed by atoms with Gasteiger partial charge in [-0.15, -0.1) is 10.2 Å². The smallest absolute Gasteiger partial charge is 0.250 e. The summed E-state index contributed by atoms with van der Waals surface area (Å²) in [5.74, 6) is -0.224. The van der Waals surface area contributed by atoms with Crippen LogP contribution >= 0.6 is 11.3 Å². The number of carbonyl (C=O) groups is 1. The predicted molar refractivity (Wildman–Crippen MR) is 80.5 cm³/mol. The van der Waals surface area contributed by atoms with Crippen molar-refractivity contribution < 1.29 is 4.79 Å². The lowest BCUT2D eigenvalue weighted by molar-refractivity contribution is -0.111. The number of anilines is 1. The summed E-state index contributed by atoms with van der Waals surface area (Å²) in [4.78, 5) is 15.7. The molecule has 2 aromatic rings. The first-order valence-corrected chi connectivity index (χ1v) is 7.00. The summed E-state index contributed by atoms with van der Waals surface area (Å²) in [6.07, 6.45) is 6.55. The van der Waals surface area contributed by atoms with Crippen LogP contribution < -0.4 is 5.32 Å². The van der Waals surface area contributed by atoms with E-state index in [0.29, 0.717) is 5.13 Å². The van der Waals surface area contributed by atoms with Gasteiger partial charge in [0.2, 0.25) is 11.0 Å². The highest BCUT2D eigenvalue weighted by molar-refractivity contribution is 7.15. The fraction of sp³-hybridized carbons (Fsp3) is 0.286. The van der Waals surface area contributed by atoms with Crippen LogP contribution in [0.2, 0.25) is 0 Å². The predicted octanol–water partition coefficient (Wildman–Crippen LogP) is 2.88. The Labute approximate surface area is 121 Å². The molecule has 5 nitrogen and oxygen atoms in total. The molecule has 0 atom stereocenters.